The van der Waals surface area contributed by atoms with Crippen LogP contribution in [0.2, 0.25) is 0 Å². The molecule has 186 valence electrons. The monoisotopic (exact) mass is 506 g/mol. The molecule has 8 nitrogen and oxygen atoms in total. The van der Waals surface area contributed by atoms with Gasteiger partial charge in [0.15, 0.2) is 4.80 Å². The van der Waals surface area contributed by atoms with Gasteiger partial charge in [-0.1, -0.05) is 35.6 Å². The van der Waals surface area contributed by atoms with Crippen LogP contribution >= 0.6 is 11.3 Å². The van der Waals surface area contributed by atoms with Crippen molar-refractivity contribution in [3.8, 4) is 5.75 Å². The van der Waals surface area contributed by atoms with Gasteiger partial charge in [-0.05, 0) is 62.2 Å². The number of nitrogens with zero attached hydrogens (tertiary/aromatic N) is 2. The van der Waals surface area contributed by atoms with Crippen molar-refractivity contribution >= 4 is 29.4 Å². The molecule has 0 amide bonds. The highest BCUT2D eigenvalue weighted by Gasteiger charge is 2.33. The zero-order valence-electron chi connectivity index (χ0n) is 20.4. The smallest absolute Gasteiger partial charge is 0.338 e. The first-order valence-electron chi connectivity index (χ1n) is 11.5. The molecule has 0 N–H and O–H groups in total. The van der Waals surface area contributed by atoms with E-state index in [2.05, 4.69) is 4.99 Å². The molecule has 4 rings (SSSR count). The van der Waals surface area contributed by atoms with Crippen LogP contribution in [-0.4, -0.2) is 36.8 Å². The molecule has 0 bridgehead atoms. The van der Waals surface area contributed by atoms with Crippen LogP contribution < -0.4 is 19.6 Å². The van der Waals surface area contributed by atoms with E-state index in [1.54, 1.807) is 44.2 Å². The van der Waals surface area contributed by atoms with Crippen LogP contribution in [0.3, 0.4) is 0 Å². The second kappa shape index (κ2) is 10.7. The topological polar surface area (TPSA) is 96.2 Å². The van der Waals surface area contributed by atoms with Gasteiger partial charge in [-0.2, -0.15) is 0 Å². The molecule has 0 aliphatic carbocycles. The Labute approximate surface area is 211 Å². The van der Waals surface area contributed by atoms with E-state index in [9.17, 15) is 14.4 Å². The lowest BCUT2D eigenvalue weighted by atomic mass is 9.95. The molecule has 0 radical (unpaired) electrons. The molecule has 1 unspecified atom stereocenters. The molecule has 2 aromatic carbocycles. The Morgan fingerprint density at radius 2 is 1.72 bits per heavy atom. The lowest BCUT2D eigenvalue weighted by Gasteiger charge is -2.24. The third kappa shape index (κ3) is 4.87. The summed E-state index contributed by atoms with van der Waals surface area (Å²) in [4.78, 5) is 43.6. The summed E-state index contributed by atoms with van der Waals surface area (Å²) in [6, 6.07) is 13.3. The van der Waals surface area contributed by atoms with Crippen molar-refractivity contribution < 1.29 is 23.8 Å². The van der Waals surface area contributed by atoms with E-state index in [0.717, 1.165) is 11.3 Å². The third-order valence-corrected chi connectivity index (χ3v) is 6.64. The molecule has 2 heterocycles. The van der Waals surface area contributed by atoms with Crippen molar-refractivity contribution in [2.24, 2.45) is 4.99 Å². The number of allylic oxidation sites excluding steroid dienone is 1. The van der Waals surface area contributed by atoms with Gasteiger partial charge in [0, 0.05) is 0 Å². The molecule has 1 aliphatic rings. The fraction of sp³-hybridized carbons (Fsp3) is 0.259. The van der Waals surface area contributed by atoms with Gasteiger partial charge < -0.3 is 14.2 Å². The van der Waals surface area contributed by atoms with E-state index in [1.165, 1.54) is 23.0 Å². The molecular weight excluding hydrogens is 480 g/mol. The van der Waals surface area contributed by atoms with E-state index < -0.39 is 18.0 Å². The first kappa shape index (κ1) is 25.1. The molecule has 1 aliphatic heterocycles. The minimum absolute atomic E-state index is 0.186. The molecule has 1 aromatic heterocycles. The predicted octanol–water partition coefficient (Wildman–Crippen LogP) is 2.98. The number of ether oxygens (including phenoxy) is 3. The van der Waals surface area contributed by atoms with Crippen LogP contribution in [0.1, 0.15) is 48.3 Å². The molecule has 0 saturated heterocycles. The van der Waals surface area contributed by atoms with E-state index >= 15 is 0 Å². The van der Waals surface area contributed by atoms with E-state index in [4.69, 9.17) is 14.2 Å². The Balaban J connectivity index is 1.86. The van der Waals surface area contributed by atoms with Crippen LogP contribution in [0.25, 0.3) is 6.08 Å². The first-order valence-corrected chi connectivity index (χ1v) is 12.3. The number of methoxy groups -OCH3 is 1. The van der Waals surface area contributed by atoms with Crippen LogP contribution in [-0.2, 0) is 14.3 Å². The number of carbonyl (C=O) groups is 2. The summed E-state index contributed by atoms with van der Waals surface area (Å²) in [7, 11) is 1.31. The highest BCUT2D eigenvalue weighted by atomic mass is 32.1. The summed E-state index contributed by atoms with van der Waals surface area (Å²) in [6.07, 6.45) is 1.79. The van der Waals surface area contributed by atoms with Crippen molar-refractivity contribution in [3.05, 3.63) is 96.2 Å². The number of carbonyl (C=O) groups excluding carboxylic acids is 2. The molecule has 0 saturated carbocycles. The van der Waals surface area contributed by atoms with Crippen molar-refractivity contribution in [1.29, 1.82) is 0 Å². The Bertz CT molecular complexity index is 1500. The number of hydrogen-bond acceptors (Lipinski definition) is 8. The normalized spacial score (nSPS) is 15.2. The van der Waals surface area contributed by atoms with Gasteiger partial charge in [0.2, 0.25) is 0 Å². The largest absolute Gasteiger partial charge is 0.494 e. The fourth-order valence-corrected chi connectivity index (χ4v) is 5.05. The molecule has 36 heavy (non-hydrogen) atoms. The highest BCUT2D eigenvalue weighted by Crippen LogP contribution is 2.31. The van der Waals surface area contributed by atoms with Gasteiger partial charge >= 0.3 is 11.9 Å². The fourth-order valence-electron chi connectivity index (χ4n) is 4.00. The number of hydrogen-bond donors (Lipinski definition) is 0. The van der Waals surface area contributed by atoms with E-state index in [-0.39, 0.29) is 17.7 Å². The predicted molar refractivity (Wildman–Crippen MR) is 136 cm³/mol. The van der Waals surface area contributed by atoms with Crippen LogP contribution in [0.5, 0.6) is 5.75 Å². The third-order valence-electron chi connectivity index (χ3n) is 5.65. The maximum absolute atomic E-state index is 13.6. The maximum Gasteiger partial charge on any atom is 0.338 e. The average Bonchev–Trinajstić information content (AvgIpc) is 3.18. The first-order chi connectivity index (χ1) is 17.4. The van der Waals surface area contributed by atoms with Crippen molar-refractivity contribution in [2.75, 3.05) is 20.3 Å². The Kier molecular flexibility index (Phi) is 7.49. The zero-order valence-corrected chi connectivity index (χ0v) is 21.3. The van der Waals surface area contributed by atoms with Gasteiger partial charge in [-0.25, -0.2) is 14.6 Å². The van der Waals surface area contributed by atoms with Gasteiger partial charge in [-0.3, -0.25) is 9.36 Å². The molecule has 9 heteroatoms. The molecule has 1 atom stereocenters. The summed E-state index contributed by atoms with van der Waals surface area (Å²) in [6.45, 7) is 6.12. The lowest BCUT2D eigenvalue weighted by Crippen LogP contribution is -2.39. The maximum atomic E-state index is 13.6. The summed E-state index contributed by atoms with van der Waals surface area (Å²) >= 11 is 1.25. The molecule has 3 aromatic rings. The Hall–Kier alpha value is -3.98. The van der Waals surface area contributed by atoms with Gasteiger partial charge in [0.05, 0.1) is 47.7 Å². The quantitative estimate of drug-likeness (QED) is 0.457. The van der Waals surface area contributed by atoms with Crippen LogP contribution in [0.15, 0.2) is 69.6 Å². The van der Waals surface area contributed by atoms with Crippen LogP contribution in [0.4, 0.5) is 0 Å². The van der Waals surface area contributed by atoms with Crippen molar-refractivity contribution in [3.63, 3.8) is 0 Å². The number of aromatic nitrogens is 1. The zero-order chi connectivity index (χ0) is 25.8. The SMILES string of the molecule is CCOC(=O)C1=C(C)N=c2sc(=Cc3ccc(OCC)cc3)c(=O)n2C1c1ccc(C(=O)OC)cc1. The van der Waals surface area contributed by atoms with Gasteiger partial charge in [0.1, 0.15) is 5.75 Å². The highest BCUT2D eigenvalue weighted by molar-refractivity contribution is 7.07. The van der Waals surface area contributed by atoms with Crippen molar-refractivity contribution in [1.82, 2.24) is 4.57 Å². The second-order valence-electron chi connectivity index (χ2n) is 7.92. The number of rotatable bonds is 7. The molecular formula is C27H26N2O6S. The van der Waals surface area contributed by atoms with Gasteiger partial charge in [0.25, 0.3) is 5.56 Å². The van der Waals surface area contributed by atoms with E-state index in [0.29, 0.717) is 32.8 Å². The number of benzene rings is 2. The van der Waals surface area contributed by atoms with Crippen LogP contribution in [0, 0.1) is 0 Å². The Morgan fingerprint density at radius 1 is 1.03 bits per heavy atom. The van der Waals surface area contributed by atoms with E-state index in [1.807, 2.05) is 31.2 Å². The Morgan fingerprint density at radius 3 is 2.33 bits per heavy atom. The minimum Gasteiger partial charge on any atom is -0.494 e. The number of fused-ring (bicyclic) bond motifs is 1. The number of esters is 2. The second-order valence-corrected chi connectivity index (χ2v) is 8.93. The minimum atomic E-state index is -0.755. The molecule has 0 fully saturated rings. The summed E-state index contributed by atoms with van der Waals surface area (Å²) in [5, 5.41) is 0. The van der Waals surface area contributed by atoms with Gasteiger partial charge in [-0.15, -0.1) is 0 Å². The van der Waals surface area contributed by atoms with Crippen molar-refractivity contribution in [2.45, 2.75) is 26.8 Å². The molecule has 0 spiro atoms. The standard InChI is InChI=1S/C27H26N2O6S/c1-5-34-20-13-7-17(8-14-20)15-21-24(30)29-23(18-9-11-19(12-10-18)25(31)33-4)22(26(32)35-6-2)16(3)28-27(29)36-21/h7-15,23H,5-6H2,1-4H3. The summed E-state index contributed by atoms with van der Waals surface area (Å²) in [5.74, 6) is -0.263. The average molecular weight is 507 g/mol. The number of thiazole rings is 1. The lowest BCUT2D eigenvalue weighted by molar-refractivity contribution is -0.139. The summed E-state index contributed by atoms with van der Waals surface area (Å²) in [5.41, 5.74) is 2.33. The summed E-state index contributed by atoms with van der Waals surface area (Å²) < 4.78 is 17.6.